The number of hydrogen-bond acceptors (Lipinski definition) is 4. The predicted molar refractivity (Wildman–Crippen MR) is 112 cm³/mol. The molecule has 1 heterocycles. The summed E-state index contributed by atoms with van der Waals surface area (Å²) in [6, 6.07) is 5.63. The highest BCUT2D eigenvalue weighted by atomic mass is 32.2. The van der Waals surface area contributed by atoms with Crippen LogP contribution in [0.2, 0.25) is 0 Å². The predicted octanol–water partition coefficient (Wildman–Crippen LogP) is 3.79. The van der Waals surface area contributed by atoms with Crippen LogP contribution in [0.5, 0.6) is 0 Å². The van der Waals surface area contributed by atoms with Crippen LogP contribution in [-0.2, 0) is 15.7 Å². The molecule has 0 spiro atoms. The number of hydrogen-bond donors (Lipinski definition) is 4. The molecule has 0 atom stereocenters. The van der Waals surface area contributed by atoms with Gasteiger partial charge in [0.15, 0.2) is 0 Å². The first kappa shape index (κ1) is 22.2. The number of anilines is 3. The van der Waals surface area contributed by atoms with Gasteiger partial charge in [-0.25, -0.2) is 26.3 Å². The molecular formula is C20H19F2N3O5S. The molecule has 0 fully saturated rings. The number of carbonyl (C=O) groups is 2. The molecule has 1 amide bonds. The monoisotopic (exact) mass is 451 g/mol. The van der Waals surface area contributed by atoms with Gasteiger partial charge in [0.05, 0.1) is 16.9 Å². The first-order chi connectivity index (χ1) is 14.4. The number of halogens is 2. The molecule has 0 bridgehead atoms. The Morgan fingerprint density at radius 1 is 1.06 bits per heavy atom. The zero-order valence-corrected chi connectivity index (χ0v) is 17.6. The van der Waals surface area contributed by atoms with Crippen molar-refractivity contribution in [3.63, 3.8) is 0 Å². The molecule has 8 nitrogen and oxygen atoms in total. The molecule has 0 aliphatic carbocycles. The third-order valence-corrected chi connectivity index (χ3v) is 5.24. The van der Waals surface area contributed by atoms with Crippen LogP contribution in [0.1, 0.15) is 31.1 Å². The van der Waals surface area contributed by atoms with Crippen LogP contribution in [0.25, 0.3) is 10.9 Å². The van der Waals surface area contributed by atoms with Crippen LogP contribution in [0.15, 0.2) is 36.5 Å². The summed E-state index contributed by atoms with van der Waals surface area (Å²) in [5.74, 6) is -4.48. The maximum absolute atomic E-state index is 14.6. The molecule has 3 aromatic rings. The average Bonchev–Trinajstić information content (AvgIpc) is 3.06. The number of aromatic carboxylic acids is 1. The number of carboxylic acid groups (broad SMARTS) is 1. The summed E-state index contributed by atoms with van der Waals surface area (Å²) in [4.78, 5) is 26.1. The first-order valence-electron chi connectivity index (χ1n) is 8.99. The van der Waals surface area contributed by atoms with Crippen molar-refractivity contribution in [3.8, 4) is 0 Å². The van der Waals surface area contributed by atoms with E-state index < -0.39 is 45.2 Å². The van der Waals surface area contributed by atoms with Gasteiger partial charge in [-0.15, -0.1) is 0 Å². The van der Waals surface area contributed by atoms with Crippen molar-refractivity contribution < 1.29 is 31.9 Å². The van der Waals surface area contributed by atoms with Gasteiger partial charge in [-0.2, -0.15) is 0 Å². The van der Waals surface area contributed by atoms with E-state index in [1.165, 1.54) is 12.3 Å². The summed E-state index contributed by atoms with van der Waals surface area (Å²) in [6.07, 6.45) is 1.29. The smallest absolute Gasteiger partial charge is 0.338 e. The molecular weight excluding hydrogens is 432 g/mol. The molecule has 0 aliphatic heterocycles. The molecule has 2 aromatic carbocycles. The van der Waals surface area contributed by atoms with E-state index >= 15 is 0 Å². The average molecular weight is 451 g/mol. The second-order valence-electron chi connectivity index (χ2n) is 7.78. The lowest BCUT2D eigenvalue weighted by atomic mass is 9.95. The highest BCUT2D eigenvalue weighted by Gasteiger charge is 2.25. The van der Waals surface area contributed by atoms with Crippen molar-refractivity contribution in [1.82, 2.24) is 4.98 Å². The van der Waals surface area contributed by atoms with Crippen LogP contribution in [0.3, 0.4) is 0 Å². The summed E-state index contributed by atoms with van der Waals surface area (Å²) in [6.45, 7) is 5.18. The number of thiol groups is 1. The largest absolute Gasteiger partial charge is 0.478 e. The fraction of sp³-hybridized carbons (Fsp3) is 0.200. The Balaban J connectivity index is 2.14. The van der Waals surface area contributed by atoms with Gasteiger partial charge in [0, 0.05) is 34.3 Å². The van der Waals surface area contributed by atoms with Gasteiger partial charge in [0.2, 0.25) is 16.8 Å². The number of amides is 1. The van der Waals surface area contributed by atoms with Gasteiger partial charge in [0.25, 0.3) is 0 Å². The van der Waals surface area contributed by atoms with Gasteiger partial charge < -0.3 is 15.4 Å². The summed E-state index contributed by atoms with van der Waals surface area (Å²) in [5, 5.41) is 12.0. The number of rotatable bonds is 5. The Hall–Kier alpha value is -3.47. The maximum atomic E-state index is 14.6. The summed E-state index contributed by atoms with van der Waals surface area (Å²) >= 11 is 0. The Labute approximate surface area is 177 Å². The summed E-state index contributed by atoms with van der Waals surface area (Å²) < 4.78 is 53.2. The highest BCUT2D eigenvalue weighted by Crippen LogP contribution is 2.36. The second-order valence-corrected chi connectivity index (χ2v) is 8.65. The Morgan fingerprint density at radius 2 is 1.74 bits per heavy atom. The lowest BCUT2D eigenvalue weighted by Gasteiger charge is -2.19. The van der Waals surface area contributed by atoms with Crippen molar-refractivity contribution in [3.05, 3.63) is 53.7 Å². The van der Waals surface area contributed by atoms with Crippen molar-refractivity contribution in [2.45, 2.75) is 20.8 Å². The van der Waals surface area contributed by atoms with Crippen LogP contribution in [0, 0.1) is 17.0 Å². The van der Waals surface area contributed by atoms with E-state index in [4.69, 9.17) is 5.11 Å². The van der Waals surface area contributed by atoms with Crippen molar-refractivity contribution in [2.75, 3.05) is 9.62 Å². The Bertz CT molecular complexity index is 1270. The van der Waals surface area contributed by atoms with Gasteiger partial charge in [0.1, 0.15) is 11.6 Å². The SMILES string of the molecule is CC(C)(C)C(=O)Nc1ccc2[nH]cc(N(c3cc(F)c(C(=O)O)cc3F)[SH](=O)=O)c2c1. The highest BCUT2D eigenvalue weighted by molar-refractivity contribution is 7.74. The molecule has 0 unspecified atom stereocenters. The number of fused-ring (bicyclic) bond motifs is 1. The van der Waals surface area contributed by atoms with Crippen molar-refractivity contribution >= 4 is 50.7 Å². The minimum Gasteiger partial charge on any atom is -0.478 e. The standard InChI is InChI=1S/C20H19F2N3O5S/c1-20(2,3)19(28)24-10-4-5-15-12(6-10)17(9-23-15)25(31(29)30)16-8-13(21)11(18(26)27)7-14(16)22/h4-9,23,31H,1-3H3,(H,24,28)(H,26,27). The quantitative estimate of drug-likeness (QED) is 0.440. The molecule has 0 aliphatic rings. The second kappa shape index (κ2) is 7.99. The first-order valence-corrected chi connectivity index (χ1v) is 10.1. The number of benzene rings is 2. The fourth-order valence-corrected chi connectivity index (χ4v) is 3.52. The molecule has 1 aromatic heterocycles. The van der Waals surface area contributed by atoms with E-state index in [0.717, 1.165) is 0 Å². The number of nitrogens with one attached hydrogen (secondary N) is 2. The van der Waals surface area contributed by atoms with Crippen molar-refractivity contribution in [1.29, 1.82) is 0 Å². The fourth-order valence-electron chi connectivity index (χ4n) is 2.85. The zero-order chi connectivity index (χ0) is 23.1. The number of H-pyrrole nitrogens is 1. The molecule has 3 rings (SSSR count). The molecule has 0 saturated heterocycles. The van der Waals surface area contributed by atoms with E-state index in [1.54, 1.807) is 32.9 Å². The number of aromatic amines is 1. The molecule has 0 saturated carbocycles. The van der Waals surface area contributed by atoms with Gasteiger partial charge >= 0.3 is 5.97 Å². The number of carbonyl (C=O) groups excluding carboxylic acids is 1. The van der Waals surface area contributed by atoms with Crippen LogP contribution in [0.4, 0.5) is 25.8 Å². The zero-order valence-electron chi connectivity index (χ0n) is 16.7. The topological polar surface area (TPSA) is 120 Å². The van der Waals surface area contributed by atoms with Gasteiger partial charge in [-0.1, -0.05) is 20.8 Å². The maximum Gasteiger partial charge on any atom is 0.338 e. The minimum absolute atomic E-state index is 0.0284. The van der Waals surface area contributed by atoms with Gasteiger partial charge in [-0.3, -0.25) is 4.79 Å². The van der Waals surface area contributed by atoms with E-state index in [1.807, 2.05) is 0 Å². The van der Waals surface area contributed by atoms with Crippen LogP contribution in [-0.4, -0.2) is 30.4 Å². The lowest BCUT2D eigenvalue weighted by Crippen LogP contribution is -2.27. The number of nitrogens with zero attached hydrogens (tertiary/aromatic N) is 1. The van der Waals surface area contributed by atoms with Crippen LogP contribution >= 0.6 is 0 Å². The normalized spacial score (nSPS) is 11.7. The Kier molecular flexibility index (Phi) is 5.72. The number of aromatic nitrogens is 1. The Morgan fingerprint density at radius 3 is 2.32 bits per heavy atom. The van der Waals surface area contributed by atoms with E-state index in [2.05, 4.69) is 10.3 Å². The molecule has 31 heavy (non-hydrogen) atoms. The van der Waals surface area contributed by atoms with E-state index in [0.29, 0.717) is 33.0 Å². The van der Waals surface area contributed by atoms with E-state index in [-0.39, 0.29) is 11.6 Å². The molecule has 11 heteroatoms. The third kappa shape index (κ3) is 4.36. The van der Waals surface area contributed by atoms with Gasteiger partial charge in [-0.05, 0) is 24.3 Å². The third-order valence-electron chi connectivity index (χ3n) is 4.49. The summed E-state index contributed by atoms with van der Waals surface area (Å²) in [7, 11) is -3.49. The van der Waals surface area contributed by atoms with Crippen molar-refractivity contribution in [2.24, 2.45) is 5.41 Å². The van der Waals surface area contributed by atoms with E-state index in [9.17, 15) is 26.8 Å². The number of carboxylic acids is 1. The van der Waals surface area contributed by atoms with Crippen LogP contribution < -0.4 is 9.62 Å². The molecule has 0 radical (unpaired) electrons. The molecule has 3 N–H and O–H groups in total. The summed E-state index contributed by atoms with van der Waals surface area (Å²) in [5.41, 5.74) is -1.44. The lowest BCUT2D eigenvalue weighted by molar-refractivity contribution is -0.123. The molecule has 164 valence electrons. The minimum atomic E-state index is -3.49.